The molecule has 1 aliphatic heterocycles. The second-order valence-electron chi connectivity index (χ2n) is 4.76. The van der Waals surface area contributed by atoms with Gasteiger partial charge in [0.1, 0.15) is 0 Å². The van der Waals surface area contributed by atoms with Gasteiger partial charge in [0, 0.05) is 25.7 Å². The van der Waals surface area contributed by atoms with Crippen LogP contribution in [0, 0.1) is 0 Å². The second kappa shape index (κ2) is 5.82. The van der Waals surface area contributed by atoms with Gasteiger partial charge in [-0.1, -0.05) is 30.3 Å². The number of piperazine rings is 1. The molecule has 1 aliphatic rings. The van der Waals surface area contributed by atoms with E-state index in [0.717, 1.165) is 12.1 Å². The van der Waals surface area contributed by atoms with E-state index in [-0.39, 0.29) is 11.8 Å². The van der Waals surface area contributed by atoms with E-state index in [9.17, 15) is 8.42 Å². The smallest absolute Gasteiger partial charge is 0.214 e. The maximum atomic E-state index is 12.2. The fraction of sp³-hybridized carbons (Fsp3) is 0.538. The third kappa shape index (κ3) is 3.54. The van der Waals surface area contributed by atoms with Crippen LogP contribution >= 0.6 is 0 Å². The summed E-state index contributed by atoms with van der Waals surface area (Å²) in [5, 5.41) is 3.25. The molecule has 1 aromatic rings. The molecule has 4 nitrogen and oxygen atoms in total. The standard InChI is InChI=1S/C13H20N2O2S/c1-12-11-15(9-8-14-12)18(16,17)10-7-13-5-3-2-4-6-13/h2-6,12,14H,7-11H2,1H3. The summed E-state index contributed by atoms with van der Waals surface area (Å²) in [4.78, 5) is 0. The molecule has 1 saturated heterocycles. The molecule has 0 amide bonds. The Labute approximate surface area is 109 Å². The van der Waals surface area contributed by atoms with Crippen LogP contribution in [0.15, 0.2) is 30.3 Å². The molecule has 1 fully saturated rings. The van der Waals surface area contributed by atoms with Crippen molar-refractivity contribution < 1.29 is 8.42 Å². The zero-order chi connectivity index (χ0) is 13.0. The SMILES string of the molecule is CC1CN(S(=O)(=O)CCc2ccccc2)CCN1. The maximum absolute atomic E-state index is 12.2. The number of nitrogens with one attached hydrogen (secondary N) is 1. The second-order valence-corrected chi connectivity index (χ2v) is 6.85. The lowest BCUT2D eigenvalue weighted by atomic mass is 10.2. The number of hydrogen-bond donors (Lipinski definition) is 1. The molecule has 1 aromatic carbocycles. The minimum atomic E-state index is -3.12. The summed E-state index contributed by atoms with van der Waals surface area (Å²) >= 11 is 0. The highest BCUT2D eigenvalue weighted by Gasteiger charge is 2.26. The lowest BCUT2D eigenvalue weighted by Gasteiger charge is -2.31. The van der Waals surface area contributed by atoms with Gasteiger partial charge in [-0.25, -0.2) is 8.42 Å². The third-order valence-corrected chi connectivity index (χ3v) is 5.05. The summed E-state index contributed by atoms with van der Waals surface area (Å²) in [6, 6.07) is 10.00. The van der Waals surface area contributed by atoms with Gasteiger partial charge in [0.2, 0.25) is 10.0 Å². The van der Waals surface area contributed by atoms with Gasteiger partial charge in [-0.2, -0.15) is 4.31 Å². The van der Waals surface area contributed by atoms with Crippen molar-refractivity contribution in [2.45, 2.75) is 19.4 Å². The Kier molecular flexibility index (Phi) is 4.37. The Hall–Kier alpha value is -0.910. The first kappa shape index (κ1) is 13.5. The van der Waals surface area contributed by atoms with Gasteiger partial charge in [0.15, 0.2) is 0 Å². The quantitative estimate of drug-likeness (QED) is 0.881. The molecule has 1 unspecified atom stereocenters. The van der Waals surface area contributed by atoms with Gasteiger partial charge in [-0.3, -0.25) is 0 Å². The van der Waals surface area contributed by atoms with Gasteiger partial charge in [-0.15, -0.1) is 0 Å². The number of aryl methyl sites for hydroxylation is 1. The lowest BCUT2D eigenvalue weighted by molar-refractivity contribution is 0.310. The summed E-state index contributed by atoms with van der Waals surface area (Å²) in [5.41, 5.74) is 1.07. The molecule has 2 rings (SSSR count). The molecule has 1 atom stereocenters. The largest absolute Gasteiger partial charge is 0.312 e. The third-order valence-electron chi connectivity index (χ3n) is 3.22. The molecular formula is C13H20N2O2S. The van der Waals surface area contributed by atoms with E-state index in [4.69, 9.17) is 0 Å². The van der Waals surface area contributed by atoms with Crippen molar-refractivity contribution in [1.29, 1.82) is 0 Å². The predicted octanol–water partition coefficient (Wildman–Crippen LogP) is 0.853. The molecule has 0 bridgehead atoms. The number of hydrogen-bond acceptors (Lipinski definition) is 3. The maximum Gasteiger partial charge on any atom is 0.214 e. The fourth-order valence-electron chi connectivity index (χ4n) is 2.17. The van der Waals surface area contributed by atoms with E-state index < -0.39 is 10.0 Å². The Bertz CT molecular complexity index is 473. The van der Waals surface area contributed by atoms with Gasteiger partial charge in [0.25, 0.3) is 0 Å². The van der Waals surface area contributed by atoms with Crippen molar-refractivity contribution in [2.24, 2.45) is 0 Å². The first-order valence-electron chi connectivity index (χ1n) is 6.33. The van der Waals surface area contributed by atoms with E-state index in [1.807, 2.05) is 37.3 Å². The van der Waals surface area contributed by atoms with Crippen molar-refractivity contribution in [3.05, 3.63) is 35.9 Å². The molecule has 1 heterocycles. The molecular weight excluding hydrogens is 248 g/mol. The summed E-state index contributed by atoms with van der Waals surface area (Å²) in [6.07, 6.45) is 0.585. The molecule has 0 radical (unpaired) electrons. The van der Waals surface area contributed by atoms with Crippen molar-refractivity contribution in [2.75, 3.05) is 25.4 Å². The minimum absolute atomic E-state index is 0.198. The topological polar surface area (TPSA) is 49.4 Å². The summed E-state index contributed by atoms with van der Waals surface area (Å²) in [6.45, 7) is 3.92. The van der Waals surface area contributed by atoms with Crippen LogP contribution < -0.4 is 5.32 Å². The van der Waals surface area contributed by atoms with Crippen molar-refractivity contribution in [3.63, 3.8) is 0 Å². The lowest BCUT2D eigenvalue weighted by Crippen LogP contribution is -2.51. The molecule has 0 spiro atoms. The zero-order valence-electron chi connectivity index (χ0n) is 10.7. The van der Waals surface area contributed by atoms with E-state index in [1.54, 1.807) is 4.31 Å². The molecule has 100 valence electrons. The Balaban J connectivity index is 1.95. The first-order valence-corrected chi connectivity index (χ1v) is 7.94. The number of benzene rings is 1. The highest BCUT2D eigenvalue weighted by molar-refractivity contribution is 7.89. The van der Waals surface area contributed by atoms with Crippen molar-refractivity contribution >= 4 is 10.0 Å². The monoisotopic (exact) mass is 268 g/mol. The van der Waals surface area contributed by atoms with Crippen LogP contribution in [0.2, 0.25) is 0 Å². The highest BCUT2D eigenvalue weighted by atomic mass is 32.2. The number of rotatable bonds is 4. The van der Waals surface area contributed by atoms with E-state index in [0.29, 0.717) is 19.5 Å². The van der Waals surface area contributed by atoms with Crippen molar-refractivity contribution in [3.8, 4) is 0 Å². The normalized spacial score (nSPS) is 21.9. The Morgan fingerprint density at radius 3 is 2.72 bits per heavy atom. The minimum Gasteiger partial charge on any atom is -0.312 e. The van der Waals surface area contributed by atoms with Crippen molar-refractivity contribution in [1.82, 2.24) is 9.62 Å². The zero-order valence-corrected chi connectivity index (χ0v) is 11.5. The van der Waals surface area contributed by atoms with Crippen LogP contribution in [0.25, 0.3) is 0 Å². The number of sulfonamides is 1. The molecule has 0 aliphatic carbocycles. The van der Waals surface area contributed by atoms with Crippen LogP contribution in [0.3, 0.4) is 0 Å². The van der Waals surface area contributed by atoms with Crippen LogP contribution in [0.4, 0.5) is 0 Å². The van der Waals surface area contributed by atoms with Gasteiger partial charge < -0.3 is 5.32 Å². The summed E-state index contributed by atoms with van der Waals surface area (Å²) < 4.78 is 26.0. The van der Waals surface area contributed by atoms with Crippen LogP contribution in [-0.4, -0.2) is 44.2 Å². The summed E-state index contributed by atoms with van der Waals surface area (Å²) in [5.74, 6) is 0.198. The van der Waals surface area contributed by atoms with E-state index in [2.05, 4.69) is 5.32 Å². The Morgan fingerprint density at radius 1 is 1.33 bits per heavy atom. The van der Waals surface area contributed by atoms with E-state index in [1.165, 1.54) is 0 Å². The van der Waals surface area contributed by atoms with Crippen LogP contribution in [0.1, 0.15) is 12.5 Å². The average Bonchev–Trinajstić information content (AvgIpc) is 2.38. The average molecular weight is 268 g/mol. The van der Waals surface area contributed by atoms with Gasteiger partial charge in [-0.05, 0) is 18.9 Å². The van der Waals surface area contributed by atoms with Crippen LogP contribution in [0.5, 0.6) is 0 Å². The van der Waals surface area contributed by atoms with Crippen LogP contribution in [-0.2, 0) is 16.4 Å². The molecule has 0 saturated carbocycles. The molecule has 0 aromatic heterocycles. The molecule has 18 heavy (non-hydrogen) atoms. The molecule has 1 N–H and O–H groups in total. The molecule has 5 heteroatoms. The predicted molar refractivity (Wildman–Crippen MR) is 73.0 cm³/mol. The fourth-order valence-corrected chi connectivity index (χ4v) is 3.74. The Morgan fingerprint density at radius 2 is 2.06 bits per heavy atom. The van der Waals surface area contributed by atoms with Gasteiger partial charge >= 0.3 is 0 Å². The number of nitrogens with zero attached hydrogens (tertiary/aromatic N) is 1. The summed E-state index contributed by atoms with van der Waals surface area (Å²) in [7, 11) is -3.12. The highest BCUT2D eigenvalue weighted by Crippen LogP contribution is 2.09. The van der Waals surface area contributed by atoms with Gasteiger partial charge in [0.05, 0.1) is 5.75 Å². The van der Waals surface area contributed by atoms with E-state index >= 15 is 0 Å². The first-order chi connectivity index (χ1) is 8.58.